The molecular weight excluding hydrogens is 463 g/mol. The minimum Gasteiger partial charge on any atom is -0.503 e. The number of halogens is 2. The number of carbonyl (C=O) groups is 2. The second-order valence-electron chi connectivity index (χ2n) is 7.65. The smallest absolute Gasteiger partial charge is 0.294 e. The summed E-state index contributed by atoms with van der Waals surface area (Å²) in [5.41, 5.74) is 2.01. The van der Waals surface area contributed by atoms with Crippen molar-refractivity contribution in [2.75, 3.05) is 4.90 Å². The largest absolute Gasteiger partial charge is 0.503 e. The van der Waals surface area contributed by atoms with Gasteiger partial charge in [0.15, 0.2) is 11.5 Å². The number of nitrogens with zero attached hydrogens (tertiary/aromatic N) is 2. The van der Waals surface area contributed by atoms with Crippen molar-refractivity contribution in [2.24, 2.45) is 0 Å². The number of pyridine rings is 1. The Morgan fingerprint density at radius 3 is 2.64 bits per heavy atom. The topological polar surface area (TPSA) is 83.6 Å². The van der Waals surface area contributed by atoms with Crippen LogP contribution >= 0.6 is 23.2 Å². The fourth-order valence-electron chi connectivity index (χ4n) is 3.91. The highest BCUT2D eigenvalue weighted by Crippen LogP contribution is 2.42. The third-order valence-corrected chi connectivity index (χ3v) is 6.20. The van der Waals surface area contributed by atoms with Crippen LogP contribution in [0.2, 0.25) is 10.0 Å². The molecule has 8 heteroatoms. The maximum atomic E-state index is 13.6. The Balaban J connectivity index is 1.66. The van der Waals surface area contributed by atoms with Gasteiger partial charge in [0.25, 0.3) is 5.91 Å². The number of ketones is 1. The number of aliphatic hydroxyl groups excluding tert-OH is 1. The van der Waals surface area contributed by atoms with Crippen LogP contribution in [-0.2, 0) is 4.79 Å². The number of rotatable bonds is 4. The second-order valence-corrected chi connectivity index (χ2v) is 8.49. The number of carbonyl (C=O) groups excluding carboxylic acids is 2. The zero-order valence-electron chi connectivity index (χ0n) is 17.3. The van der Waals surface area contributed by atoms with Gasteiger partial charge in [-0.15, -0.1) is 0 Å². The van der Waals surface area contributed by atoms with Crippen LogP contribution in [0.5, 0.6) is 0 Å². The summed E-state index contributed by atoms with van der Waals surface area (Å²) in [7, 11) is 0. The van der Waals surface area contributed by atoms with E-state index in [4.69, 9.17) is 27.6 Å². The Kier molecular flexibility index (Phi) is 5.19. The molecule has 0 saturated carbocycles. The normalized spacial score (nSPS) is 16.2. The molecule has 1 amide bonds. The summed E-state index contributed by atoms with van der Waals surface area (Å²) in [5, 5.41) is 12.4. The van der Waals surface area contributed by atoms with Crippen molar-refractivity contribution < 1.29 is 19.1 Å². The minimum atomic E-state index is -0.971. The van der Waals surface area contributed by atoms with E-state index >= 15 is 0 Å². The van der Waals surface area contributed by atoms with Gasteiger partial charge in [0.1, 0.15) is 11.6 Å². The first kappa shape index (κ1) is 21.2. The molecule has 4 aromatic rings. The predicted octanol–water partition coefficient (Wildman–Crippen LogP) is 6.23. The highest BCUT2D eigenvalue weighted by Gasteiger charge is 2.46. The standard InChI is InChI=1S/C25H16Cl2N2O4/c1-13-5-7-16(12-17(13)27)29-22(18-4-2-3-9-28-18)21(24(31)25(29)32)23(30)20-11-14-10-15(26)6-8-19(14)33-20/h2-12,22,31H,1H3. The van der Waals surface area contributed by atoms with Crippen LogP contribution < -0.4 is 4.90 Å². The molecule has 0 radical (unpaired) electrons. The van der Waals surface area contributed by atoms with E-state index in [0.29, 0.717) is 32.4 Å². The lowest BCUT2D eigenvalue weighted by molar-refractivity contribution is -0.117. The van der Waals surface area contributed by atoms with Gasteiger partial charge in [-0.05, 0) is 61.0 Å². The number of anilines is 1. The molecule has 5 rings (SSSR count). The van der Waals surface area contributed by atoms with Gasteiger partial charge in [-0.3, -0.25) is 19.5 Å². The number of fused-ring (bicyclic) bond motifs is 1. The third kappa shape index (κ3) is 3.57. The number of benzene rings is 2. The average molecular weight is 479 g/mol. The predicted molar refractivity (Wildman–Crippen MR) is 126 cm³/mol. The molecule has 6 nitrogen and oxygen atoms in total. The molecule has 0 bridgehead atoms. The second kappa shape index (κ2) is 8.06. The Labute approximate surface area is 198 Å². The number of aromatic nitrogens is 1. The monoisotopic (exact) mass is 478 g/mol. The number of Topliss-reactive ketones (excluding diaryl/α,β-unsaturated/α-hetero) is 1. The van der Waals surface area contributed by atoms with Crippen molar-refractivity contribution in [1.82, 2.24) is 4.98 Å². The first-order valence-electron chi connectivity index (χ1n) is 10.0. The molecule has 33 heavy (non-hydrogen) atoms. The molecule has 3 heterocycles. The van der Waals surface area contributed by atoms with E-state index in [1.165, 1.54) is 11.0 Å². The van der Waals surface area contributed by atoms with E-state index < -0.39 is 23.5 Å². The summed E-state index contributed by atoms with van der Waals surface area (Å²) in [6.45, 7) is 1.84. The quantitative estimate of drug-likeness (QED) is 0.351. The Hall–Kier alpha value is -3.61. The van der Waals surface area contributed by atoms with Gasteiger partial charge >= 0.3 is 0 Å². The molecular formula is C25H16Cl2N2O4. The van der Waals surface area contributed by atoms with Gasteiger partial charge < -0.3 is 9.52 Å². The SMILES string of the molecule is Cc1ccc(N2C(=O)C(O)=C(C(=O)c3cc4cc(Cl)ccc4o3)C2c2ccccn2)cc1Cl. The number of hydrogen-bond donors (Lipinski definition) is 1. The maximum absolute atomic E-state index is 13.6. The van der Waals surface area contributed by atoms with Crippen LogP contribution in [-0.4, -0.2) is 21.8 Å². The highest BCUT2D eigenvalue weighted by atomic mass is 35.5. The molecule has 0 fully saturated rings. The Bertz CT molecular complexity index is 1460. The minimum absolute atomic E-state index is 0.0219. The summed E-state index contributed by atoms with van der Waals surface area (Å²) in [4.78, 5) is 32.4. The molecule has 2 aromatic carbocycles. The van der Waals surface area contributed by atoms with E-state index in [-0.39, 0.29) is 11.3 Å². The number of furan rings is 1. The van der Waals surface area contributed by atoms with Crippen molar-refractivity contribution >= 4 is 51.5 Å². The summed E-state index contributed by atoms with van der Waals surface area (Å²) in [5.74, 6) is -2.03. The van der Waals surface area contributed by atoms with Gasteiger partial charge in [-0.2, -0.15) is 0 Å². The van der Waals surface area contributed by atoms with E-state index in [9.17, 15) is 14.7 Å². The van der Waals surface area contributed by atoms with Gasteiger partial charge in [-0.1, -0.05) is 35.3 Å². The van der Waals surface area contributed by atoms with E-state index in [0.717, 1.165) is 5.56 Å². The Morgan fingerprint density at radius 1 is 1.09 bits per heavy atom. The van der Waals surface area contributed by atoms with Gasteiger partial charge in [-0.25, -0.2) is 0 Å². The zero-order chi connectivity index (χ0) is 23.3. The van der Waals surface area contributed by atoms with Crippen LogP contribution in [0.3, 0.4) is 0 Å². The number of amides is 1. The molecule has 0 aliphatic carbocycles. The van der Waals surface area contributed by atoms with Crippen LogP contribution in [0.15, 0.2) is 82.6 Å². The Morgan fingerprint density at radius 2 is 1.91 bits per heavy atom. The van der Waals surface area contributed by atoms with Crippen molar-refractivity contribution in [1.29, 1.82) is 0 Å². The average Bonchev–Trinajstić information content (AvgIpc) is 3.34. The van der Waals surface area contributed by atoms with Gasteiger partial charge in [0.05, 0.1) is 11.3 Å². The lowest BCUT2D eigenvalue weighted by Crippen LogP contribution is -2.31. The summed E-state index contributed by atoms with van der Waals surface area (Å²) in [6.07, 6.45) is 1.56. The van der Waals surface area contributed by atoms with Crippen molar-refractivity contribution in [3.8, 4) is 0 Å². The molecule has 1 atom stereocenters. The molecule has 2 aromatic heterocycles. The first-order valence-corrected chi connectivity index (χ1v) is 10.8. The number of aliphatic hydroxyl groups is 1. The molecule has 1 unspecified atom stereocenters. The van der Waals surface area contributed by atoms with Crippen LogP contribution in [0.4, 0.5) is 5.69 Å². The molecule has 1 aliphatic rings. The zero-order valence-corrected chi connectivity index (χ0v) is 18.8. The van der Waals surface area contributed by atoms with Crippen LogP contribution in [0.25, 0.3) is 11.0 Å². The lowest BCUT2D eigenvalue weighted by Gasteiger charge is -2.26. The molecule has 0 spiro atoms. The van der Waals surface area contributed by atoms with Crippen molar-refractivity contribution in [3.05, 3.63) is 105 Å². The lowest BCUT2D eigenvalue weighted by atomic mass is 9.98. The summed E-state index contributed by atoms with van der Waals surface area (Å²) < 4.78 is 5.72. The van der Waals surface area contributed by atoms with E-state index in [1.807, 2.05) is 6.92 Å². The fourth-order valence-corrected chi connectivity index (χ4v) is 4.27. The summed E-state index contributed by atoms with van der Waals surface area (Å²) in [6, 6.07) is 15.8. The van der Waals surface area contributed by atoms with E-state index in [2.05, 4.69) is 4.98 Å². The summed E-state index contributed by atoms with van der Waals surface area (Å²) >= 11 is 12.3. The molecule has 1 aliphatic heterocycles. The van der Waals surface area contributed by atoms with Gasteiger partial charge in [0, 0.05) is 27.3 Å². The molecule has 164 valence electrons. The van der Waals surface area contributed by atoms with Crippen LogP contribution in [0.1, 0.15) is 27.9 Å². The third-order valence-electron chi connectivity index (χ3n) is 5.56. The highest BCUT2D eigenvalue weighted by molar-refractivity contribution is 6.32. The van der Waals surface area contributed by atoms with Gasteiger partial charge in [0.2, 0.25) is 5.78 Å². The number of hydrogen-bond acceptors (Lipinski definition) is 5. The fraction of sp³-hybridized carbons (Fsp3) is 0.0800. The molecule has 1 N–H and O–H groups in total. The first-order chi connectivity index (χ1) is 15.8. The molecule has 0 saturated heterocycles. The van der Waals surface area contributed by atoms with Crippen molar-refractivity contribution in [3.63, 3.8) is 0 Å². The van der Waals surface area contributed by atoms with Crippen LogP contribution in [0, 0.1) is 6.92 Å². The van der Waals surface area contributed by atoms with Crippen molar-refractivity contribution in [2.45, 2.75) is 13.0 Å². The number of aryl methyl sites for hydroxylation is 1. The van der Waals surface area contributed by atoms with E-state index in [1.54, 1.807) is 60.8 Å². The maximum Gasteiger partial charge on any atom is 0.294 e.